The fourth-order valence-corrected chi connectivity index (χ4v) is 3.23. The molecule has 0 saturated carbocycles. The van der Waals surface area contributed by atoms with Crippen LogP contribution in [0.4, 0.5) is 5.69 Å². The van der Waals surface area contributed by atoms with Crippen molar-refractivity contribution in [3.63, 3.8) is 0 Å². The summed E-state index contributed by atoms with van der Waals surface area (Å²) < 4.78 is 0. The van der Waals surface area contributed by atoms with Crippen LogP contribution < -0.4 is 10.6 Å². The van der Waals surface area contributed by atoms with Crippen LogP contribution in [0.3, 0.4) is 0 Å². The van der Waals surface area contributed by atoms with E-state index in [1.54, 1.807) is 4.90 Å². The lowest BCUT2D eigenvalue weighted by atomic mass is 9.92. The molecule has 0 spiro atoms. The Morgan fingerprint density at radius 2 is 2.14 bits per heavy atom. The molecule has 0 radical (unpaired) electrons. The molecule has 2 aliphatic rings. The fraction of sp³-hybridized carbons (Fsp3) is 0.500. The number of anilines is 1. The molecule has 1 saturated heterocycles. The molecule has 2 unspecified atom stereocenters. The number of fused-ring (bicyclic) bond motifs is 1. The summed E-state index contributed by atoms with van der Waals surface area (Å²) in [6.45, 7) is 3.76. The van der Waals surface area contributed by atoms with Gasteiger partial charge >= 0.3 is 0 Å². The largest absolute Gasteiger partial charge is 0.384 e. The Morgan fingerprint density at radius 3 is 2.95 bits per heavy atom. The Hall–Kier alpha value is -2.04. The maximum Gasteiger partial charge on any atom is 0.242 e. The number of piperazine rings is 1. The third-order valence-corrected chi connectivity index (χ3v) is 4.37. The number of nitrogens with one attached hydrogen (secondary N) is 2. The molecule has 0 aliphatic carbocycles. The van der Waals surface area contributed by atoms with Gasteiger partial charge in [-0.05, 0) is 24.5 Å². The molecule has 0 bridgehead atoms. The second kappa shape index (κ2) is 5.76. The van der Waals surface area contributed by atoms with Crippen molar-refractivity contribution >= 4 is 17.5 Å². The summed E-state index contributed by atoms with van der Waals surface area (Å²) in [7, 11) is 0. The fourth-order valence-electron chi connectivity index (χ4n) is 3.23. The lowest BCUT2D eigenvalue weighted by molar-refractivity contribution is -0.146. The first-order valence-corrected chi connectivity index (χ1v) is 7.60. The molecule has 5 heteroatoms. The highest BCUT2D eigenvalue weighted by Crippen LogP contribution is 2.26. The molecular weight excluding hydrogens is 266 g/mol. The average molecular weight is 287 g/mol. The Kier molecular flexibility index (Phi) is 3.82. The number of hydrogen-bond acceptors (Lipinski definition) is 3. The number of carbonyl (C=O) groups is 2. The van der Waals surface area contributed by atoms with Crippen molar-refractivity contribution < 1.29 is 9.59 Å². The molecule has 2 heterocycles. The molecule has 21 heavy (non-hydrogen) atoms. The van der Waals surface area contributed by atoms with Gasteiger partial charge in [-0.15, -0.1) is 0 Å². The topological polar surface area (TPSA) is 61.4 Å². The molecule has 1 aromatic carbocycles. The Balaban J connectivity index is 1.75. The molecular formula is C16H21N3O2. The van der Waals surface area contributed by atoms with Gasteiger partial charge in [0.2, 0.25) is 11.8 Å². The van der Waals surface area contributed by atoms with E-state index in [4.69, 9.17) is 0 Å². The van der Waals surface area contributed by atoms with E-state index in [9.17, 15) is 9.59 Å². The van der Waals surface area contributed by atoms with Gasteiger partial charge in [-0.3, -0.25) is 9.59 Å². The monoisotopic (exact) mass is 287 g/mol. The van der Waals surface area contributed by atoms with E-state index in [0.717, 1.165) is 12.1 Å². The maximum absolute atomic E-state index is 12.8. The molecule has 2 N–H and O–H groups in total. The van der Waals surface area contributed by atoms with Crippen molar-refractivity contribution in [3.8, 4) is 0 Å². The van der Waals surface area contributed by atoms with Gasteiger partial charge in [0.15, 0.2) is 0 Å². The third-order valence-electron chi connectivity index (χ3n) is 4.37. The van der Waals surface area contributed by atoms with Gasteiger partial charge in [-0.25, -0.2) is 0 Å². The standard InChI is InChI=1S/C16H21N3O2/c1-2-14-15(20)17-7-8-19(14)16(21)12-9-11-5-3-4-6-13(11)18-10-12/h3-6,12,14,18H,2,7-10H2,1H3,(H,17,20). The van der Waals surface area contributed by atoms with E-state index >= 15 is 0 Å². The SMILES string of the molecule is CCC1C(=O)NCCN1C(=O)C1CNc2ccccc2C1. The summed E-state index contributed by atoms with van der Waals surface area (Å²) >= 11 is 0. The normalized spacial score (nSPS) is 24.8. The van der Waals surface area contributed by atoms with Crippen LogP contribution in [0.1, 0.15) is 18.9 Å². The average Bonchev–Trinajstić information content (AvgIpc) is 2.53. The number of amides is 2. The second-order valence-electron chi connectivity index (χ2n) is 5.69. The Labute approximate surface area is 124 Å². The third kappa shape index (κ3) is 2.60. The second-order valence-corrected chi connectivity index (χ2v) is 5.69. The summed E-state index contributed by atoms with van der Waals surface area (Å²) in [4.78, 5) is 26.4. The Bertz CT molecular complexity index is 558. The van der Waals surface area contributed by atoms with Crippen LogP contribution in [0, 0.1) is 5.92 Å². The number of nitrogens with zero attached hydrogens (tertiary/aromatic N) is 1. The minimum Gasteiger partial charge on any atom is -0.384 e. The molecule has 2 atom stereocenters. The van der Waals surface area contributed by atoms with Crippen LogP contribution >= 0.6 is 0 Å². The molecule has 1 fully saturated rings. The van der Waals surface area contributed by atoms with Crippen molar-refractivity contribution in [2.45, 2.75) is 25.8 Å². The first-order valence-electron chi connectivity index (χ1n) is 7.60. The van der Waals surface area contributed by atoms with Crippen LogP contribution in [0.2, 0.25) is 0 Å². The van der Waals surface area contributed by atoms with Crippen molar-refractivity contribution in [1.29, 1.82) is 0 Å². The van der Waals surface area contributed by atoms with E-state index in [1.807, 2.05) is 25.1 Å². The van der Waals surface area contributed by atoms with Crippen LogP contribution in [0.5, 0.6) is 0 Å². The number of carbonyl (C=O) groups excluding carboxylic acids is 2. The molecule has 2 aliphatic heterocycles. The summed E-state index contributed by atoms with van der Waals surface area (Å²) in [6.07, 6.45) is 1.41. The van der Waals surface area contributed by atoms with Crippen molar-refractivity contribution in [2.75, 3.05) is 25.0 Å². The van der Waals surface area contributed by atoms with E-state index in [0.29, 0.717) is 26.1 Å². The molecule has 112 valence electrons. The predicted molar refractivity (Wildman–Crippen MR) is 80.9 cm³/mol. The minimum absolute atomic E-state index is 0.0266. The van der Waals surface area contributed by atoms with Gasteiger partial charge in [-0.1, -0.05) is 25.1 Å². The number of para-hydroxylation sites is 1. The highest BCUT2D eigenvalue weighted by molar-refractivity contribution is 5.90. The zero-order chi connectivity index (χ0) is 14.8. The highest BCUT2D eigenvalue weighted by atomic mass is 16.2. The lowest BCUT2D eigenvalue weighted by Crippen LogP contribution is -2.58. The molecule has 5 nitrogen and oxygen atoms in total. The summed E-state index contributed by atoms with van der Waals surface area (Å²) in [6, 6.07) is 7.77. The lowest BCUT2D eigenvalue weighted by Gasteiger charge is -2.38. The quantitative estimate of drug-likeness (QED) is 0.853. The molecule has 3 rings (SSSR count). The van der Waals surface area contributed by atoms with Crippen molar-refractivity contribution in [3.05, 3.63) is 29.8 Å². The number of hydrogen-bond donors (Lipinski definition) is 2. The molecule has 1 aromatic rings. The van der Waals surface area contributed by atoms with Crippen molar-refractivity contribution in [2.24, 2.45) is 5.92 Å². The maximum atomic E-state index is 12.8. The molecule has 0 aromatic heterocycles. The molecule has 2 amide bonds. The van der Waals surface area contributed by atoms with Crippen molar-refractivity contribution in [1.82, 2.24) is 10.2 Å². The number of benzene rings is 1. The smallest absolute Gasteiger partial charge is 0.242 e. The first-order chi connectivity index (χ1) is 10.2. The van der Waals surface area contributed by atoms with Gasteiger partial charge in [0.25, 0.3) is 0 Å². The van der Waals surface area contributed by atoms with E-state index in [1.165, 1.54) is 5.56 Å². The van der Waals surface area contributed by atoms with E-state index < -0.39 is 0 Å². The van der Waals surface area contributed by atoms with Crippen LogP contribution in [0.15, 0.2) is 24.3 Å². The Morgan fingerprint density at radius 1 is 1.33 bits per heavy atom. The van der Waals surface area contributed by atoms with Crippen LogP contribution in [0.25, 0.3) is 0 Å². The first kappa shape index (κ1) is 13.9. The summed E-state index contributed by atoms with van der Waals surface area (Å²) in [5, 5.41) is 6.17. The minimum atomic E-state index is -0.316. The summed E-state index contributed by atoms with van der Waals surface area (Å²) in [5.41, 5.74) is 2.29. The van der Waals surface area contributed by atoms with E-state index in [2.05, 4.69) is 16.7 Å². The zero-order valence-electron chi connectivity index (χ0n) is 12.3. The highest BCUT2D eigenvalue weighted by Gasteiger charge is 2.36. The van der Waals surface area contributed by atoms with Gasteiger partial charge in [-0.2, -0.15) is 0 Å². The van der Waals surface area contributed by atoms with Crippen LogP contribution in [-0.2, 0) is 16.0 Å². The van der Waals surface area contributed by atoms with Gasteiger partial charge < -0.3 is 15.5 Å². The predicted octanol–water partition coefficient (Wildman–Crippen LogP) is 1.01. The van der Waals surface area contributed by atoms with Gasteiger partial charge in [0, 0.05) is 25.3 Å². The van der Waals surface area contributed by atoms with Crippen LogP contribution in [-0.4, -0.2) is 42.4 Å². The zero-order valence-corrected chi connectivity index (χ0v) is 12.3. The summed E-state index contributed by atoms with van der Waals surface area (Å²) in [5.74, 6) is -0.0141. The van der Waals surface area contributed by atoms with Gasteiger partial charge in [0.1, 0.15) is 6.04 Å². The van der Waals surface area contributed by atoms with E-state index in [-0.39, 0.29) is 23.8 Å². The van der Waals surface area contributed by atoms with Gasteiger partial charge in [0.05, 0.1) is 5.92 Å². The number of rotatable bonds is 2.